The van der Waals surface area contributed by atoms with E-state index in [-0.39, 0.29) is 0 Å². The molecule has 1 heterocycles. The van der Waals surface area contributed by atoms with Crippen LogP contribution >= 0.6 is 0 Å². The average Bonchev–Trinajstić information content (AvgIpc) is 2.66. The number of aliphatic carboxylic acids is 1. The van der Waals surface area contributed by atoms with E-state index in [1.54, 1.807) is 6.08 Å². The molecule has 4 heteroatoms. The van der Waals surface area contributed by atoms with Gasteiger partial charge >= 0.3 is 5.97 Å². The zero-order valence-electron chi connectivity index (χ0n) is 11.2. The number of nitrogens with zero attached hydrogens (tertiary/aromatic N) is 2. The number of hydrogen-bond acceptors (Lipinski definition) is 2. The molecule has 0 unspecified atom stereocenters. The number of benzene rings is 1. The summed E-state index contributed by atoms with van der Waals surface area (Å²) in [5.74, 6) is -0.944. The van der Waals surface area contributed by atoms with Crippen LogP contribution in [-0.2, 0) is 4.79 Å². The normalized spacial score (nSPS) is 11.1. The third kappa shape index (κ3) is 2.91. The van der Waals surface area contributed by atoms with Gasteiger partial charge in [-0.2, -0.15) is 5.10 Å². The van der Waals surface area contributed by atoms with Crippen LogP contribution in [0.1, 0.15) is 22.5 Å². The molecule has 0 aliphatic carbocycles. The molecule has 0 aliphatic rings. The molecule has 0 spiro atoms. The van der Waals surface area contributed by atoms with Crippen molar-refractivity contribution >= 4 is 12.0 Å². The van der Waals surface area contributed by atoms with Gasteiger partial charge in [-0.3, -0.25) is 0 Å². The Bertz CT molecular complexity index is 654. The number of rotatable bonds is 3. The molecular formula is C15H16N2O2. The molecule has 0 radical (unpaired) electrons. The Balaban J connectivity index is 2.40. The minimum atomic E-state index is -0.944. The van der Waals surface area contributed by atoms with Crippen molar-refractivity contribution in [2.45, 2.75) is 20.8 Å². The van der Waals surface area contributed by atoms with Gasteiger partial charge in [-0.05, 0) is 56.2 Å². The molecule has 98 valence electrons. The lowest BCUT2D eigenvalue weighted by Crippen LogP contribution is -2.01. The lowest BCUT2D eigenvalue weighted by Gasteiger charge is -2.09. The van der Waals surface area contributed by atoms with Crippen LogP contribution in [0.15, 0.2) is 30.3 Å². The van der Waals surface area contributed by atoms with Gasteiger partial charge in [-0.1, -0.05) is 6.07 Å². The Hall–Kier alpha value is -2.36. The fourth-order valence-electron chi connectivity index (χ4n) is 2.06. The zero-order chi connectivity index (χ0) is 14.0. The van der Waals surface area contributed by atoms with Crippen LogP contribution in [-0.4, -0.2) is 20.9 Å². The topological polar surface area (TPSA) is 55.1 Å². The maximum atomic E-state index is 10.5. The van der Waals surface area contributed by atoms with E-state index < -0.39 is 5.97 Å². The molecule has 0 amide bonds. The fourth-order valence-corrected chi connectivity index (χ4v) is 2.06. The van der Waals surface area contributed by atoms with E-state index in [0.717, 1.165) is 34.3 Å². The third-order valence-corrected chi connectivity index (χ3v) is 2.88. The summed E-state index contributed by atoms with van der Waals surface area (Å²) in [4.78, 5) is 10.5. The average molecular weight is 256 g/mol. The Morgan fingerprint density at radius 1 is 1.26 bits per heavy atom. The number of carboxylic acid groups (broad SMARTS) is 1. The highest BCUT2D eigenvalue weighted by atomic mass is 16.4. The first-order valence-electron chi connectivity index (χ1n) is 6.02. The summed E-state index contributed by atoms with van der Waals surface area (Å²) in [6.45, 7) is 5.96. The highest BCUT2D eigenvalue weighted by Crippen LogP contribution is 2.18. The summed E-state index contributed by atoms with van der Waals surface area (Å²) in [6.07, 6.45) is 2.72. The number of carbonyl (C=O) groups is 1. The lowest BCUT2D eigenvalue weighted by molar-refractivity contribution is -0.131. The number of aromatic nitrogens is 2. The number of hydrogen-bond donors (Lipinski definition) is 1. The van der Waals surface area contributed by atoms with Gasteiger partial charge in [0.2, 0.25) is 0 Å². The van der Waals surface area contributed by atoms with Gasteiger partial charge in [0.25, 0.3) is 0 Å². The van der Waals surface area contributed by atoms with E-state index in [9.17, 15) is 4.79 Å². The molecule has 1 N–H and O–H groups in total. The third-order valence-electron chi connectivity index (χ3n) is 2.88. The maximum absolute atomic E-state index is 10.5. The van der Waals surface area contributed by atoms with E-state index in [2.05, 4.69) is 5.10 Å². The minimum absolute atomic E-state index is 0.866. The van der Waals surface area contributed by atoms with Gasteiger partial charge in [-0.15, -0.1) is 0 Å². The van der Waals surface area contributed by atoms with Gasteiger partial charge in [0.15, 0.2) is 0 Å². The highest BCUT2D eigenvalue weighted by molar-refractivity contribution is 5.85. The predicted octanol–water partition coefficient (Wildman–Crippen LogP) is 2.90. The van der Waals surface area contributed by atoms with Crippen molar-refractivity contribution in [1.29, 1.82) is 0 Å². The van der Waals surface area contributed by atoms with Gasteiger partial charge in [-0.25, -0.2) is 9.48 Å². The first kappa shape index (κ1) is 13.1. The van der Waals surface area contributed by atoms with E-state index >= 15 is 0 Å². The zero-order valence-corrected chi connectivity index (χ0v) is 11.2. The monoisotopic (exact) mass is 256 g/mol. The molecule has 0 fully saturated rings. The maximum Gasteiger partial charge on any atom is 0.328 e. The second-order valence-electron chi connectivity index (χ2n) is 4.56. The van der Waals surface area contributed by atoms with Crippen LogP contribution in [0.2, 0.25) is 0 Å². The number of carboxylic acids is 1. The Morgan fingerprint density at radius 3 is 2.53 bits per heavy atom. The summed E-state index contributed by atoms with van der Waals surface area (Å²) in [6, 6.07) is 7.82. The molecule has 0 atom stereocenters. The fraction of sp³-hybridized carbons (Fsp3) is 0.200. The first-order chi connectivity index (χ1) is 8.97. The number of aryl methyl sites for hydroxylation is 3. The van der Waals surface area contributed by atoms with E-state index in [0.29, 0.717) is 0 Å². The Kier molecular flexibility index (Phi) is 3.51. The van der Waals surface area contributed by atoms with Gasteiger partial charge < -0.3 is 5.11 Å². The molecule has 1 aromatic heterocycles. The van der Waals surface area contributed by atoms with Crippen LogP contribution in [0.3, 0.4) is 0 Å². The van der Waals surface area contributed by atoms with E-state index in [4.69, 9.17) is 5.11 Å². The van der Waals surface area contributed by atoms with Crippen LogP contribution in [0.4, 0.5) is 0 Å². The summed E-state index contributed by atoms with van der Waals surface area (Å²) >= 11 is 0. The standard InChI is InChI=1S/C15H16N2O2/c1-10-8-13(5-7-15(18)19)4-6-14(10)17-12(3)9-11(2)16-17/h4-9H,1-3H3,(H,18,19). The van der Waals surface area contributed by atoms with Crippen molar-refractivity contribution in [2.75, 3.05) is 0 Å². The van der Waals surface area contributed by atoms with Crippen LogP contribution < -0.4 is 0 Å². The molecule has 2 aromatic rings. The van der Waals surface area contributed by atoms with Crippen molar-refractivity contribution in [3.63, 3.8) is 0 Å². The smallest absolute Gasteiger partial charge is 0.328 e. The Labute approximate surface area is 112 Å². The van der Waals surface area contributed by atoms with Crippen LogP contribution in [0.5, 0.6) is 0 Å². The molecule has 19 heavy (non-hydrogen) atoms. The largest absolute Gasteiger partial charge is 0.478 e. The van der Waals surface area contributed by atoms with Crippen molar-refractivity contribution in [2.24, 2.45) is 0 Å². The summed E-state index contributed by atoms with van der Waals surface area (Å²) in [5, 5.41) is 13.1. The predicted molar refractivity (Wildman–Crippen MR) is 74.4 cm³/mol. The van der Waals surface area contributed by atoms with Crippen molar-refractivity contribution in [1.82, 2.24) is 9.78 Å². The van der Waals surface area contributed by atoms with Crippen molar-refractivity contribution in [3.8, 4) is 5.69 Å². The first-order valence-corrected chi connectivity index (χ1v) is 6.02. The van der Waals surface area contributed by atoms with E-state index in [1.807, 2.05) is 49.7 Å². The van der Waals surface area contributed by atoms with Crippen LogP contribution in [0, 0.1) is 20.8 Å². The van der Waals surface area contributed by atoms with Gasteiger partial charge in [0.05, 0.1) is 11.4 Å². The van der Waals surface area contributed by atoms with Gasteiger partial charge in [0, 0.05) is 11.8 Å². The van der Waals surface area contributed by atoms with Crippen molar-refractivity contribution in [3.05, 3.63) is 52.9 Å². The molecular weight excluding hydrogens is 240 g/mol. The van der Waals surface area contributed by atoms with E-state index in [1.165, 1.54) is 0 Å². The summed E-state index contributed by atoms with van der Waals surface area (Å²) < 4.78 is 1.90. The Morgan fingerprint density at radius 2 is 2.00 bits per heavy atom. The second kappa shape index (κ2) is 5.10. The molecule has 0 bridgehead atoms. The molecule has 2 rings (SSSR count). The summed E-state index contributed by atoms with van der Waals surface area (Å²) in [7, 11) is 0. The molecule has 0 saturated carbocycles. The highest BCUT2D eigenvalue weighted by Gasteiger charge is 2.06. The lowest BCUT2D eigenvalue weighted by atomic mass is 10.1. The second-order valence-corrected chi connectivity index (χ2v) is 4.56. The molecule has 1 aromatic carbocycles. The van der Waals surface area contributed by atoms with Crippen LogP contribution in [0.25, 0.3) is 11.8 Å². The SMILES string of the molecule is Cc1cc(C)n(-c2ccc(C=CC(=O)O)cc2C)n1. The summed E-state index contributed by atoms with van der Waals surface area (Å²) in [5.41, 5.74) is 4.99. The minimum Gasteiger partial charge on any atom is -0.478 e. The molecule has 4 nitrogen and oxygen atoms in total. The molecule has 0 saturated heterocycles. The van der Waals surface area contributed by atoms with Gasteiger partial charge in [0.1, 0.15) is 0 Å². The van der Waals surface area contributed by atoms with Crippen molar-refractivity contribution < 1.29 is 9.90 Å². The quantitative estimate of drug-likeness (QED) is 0.859. The molecule has 0 aliphatic heterocycles.